The summed E-state index contributed by atoms with van der Waals surface area (Å²) in [5.74, 6) is 1.41. The lowest BCUT2D eigenvalue weighted by Crippen LogP contribution is -2.15. The zero-order chi connectivity index (χ0) is 15.9. The highest BCUT2D eigenvalue weighted by molar-refractivity contribution is 5.91. The number of nitrogens with zero attached hydrogens (tertiary/aromatic N) is 2. The van der Waals surface area contributed by atoms with Crippen LogP contribution in [0.25, 0.3) is 11.4 Å². The van der Waals surface area contributed by atoms with Gasteiger partial charge >= 0.3 is 0 Å². The molecule has 2 rings (SSSR count). The van der Waals surface area contributed by atoms with Crippen molar-refractivity contribution in [1.29, 1.82) is 0 Å². The average Bonchev–Trinajstić information content (AvgIpc) is 2.90. The van der Waals surface area contributed by atoms with Gasteiger partial charge < -0.3 is 14.6 Å². The Kier molecular flexibility index (Phi) is 5.66. The van der Waals surface area contributed by atoms with Crippen LogP contribution in [0, 0.1) is 12.8 Å². The molecular weight excluding hydrogens is 282 g/mol. The summed E-state index contributed by atoms with van der Waals surface area (Å²) in [5.41, 5.74) is 1.50. The van der Waals surface area contributed by atoms with Gasteiger partial charge in [-0.2, -0.15) is 4.98 Å². The monoisotopic (exact) mass is 303 g/mol. The molecule has 6 heteroatoms. The molecule has 0 saturated carbocycles. The van der Waals surface area contributed by atoms with Crippen LogP contribution in [0.2, 0.25) is 0 Å². The molecule has 6 nitrogen and oxygen atoms in total. The quantitative estimate of drug-likeness (QED) is 0.795. The molecule has 0 bridgehead atoms. The van der Waals surface area contributed by atoms with E-state index in [2.05, 4.69) is 29.3 Å². The van der Waals surface area contributed by atoms with E-state index in [4.69, 9.17) is 9.26 Å². The van der Waals surface area contributed by atoms with E-state index in [9.17, 15) is 4.79 Å². The smallest absolute Gasteiger partial charge is 0.226 e. The van der Waals surface area contributed by atoms with Gasteiger partial charge in [-0.05, 0) is 18.1 Å². The van der Waals surface area contributed by atoms with Crippen LogP contribution < -0.4 is 5.32 Å². The zero-order valence-corrected chi connectivity index (χ0v) is 13.1. The minimum Gasteiger partial charge on any atom is -0.381 e. The molecule has 0 fully saturated rings. The Balaban J connectivity index is 1.89. The number of carbonyl (C=O) groups is 1. The van der Waals surface area contributed by atoms with Crippen LogP contribution >= 0.6 is 0 Å². The van der Waals surface area contributed by atoms with Gasteiger partial charge in [0.15, 0.2) is 0 Å². The molecule has 22 heavy (non-hydrogen) atoms. The number of hydrogen-bond donors (Lipinski definition) is 1. The molecule has 1 aromatic carbocycles. The molecule has 0 radical (unpaired) electrons. The van der Waals surface area contributed by atoms with Crippen LogP contribution in [0.3, 0.4) is 0 Å². The first kappa shape index (κ1) is 16.2. The van der Waals surface area contributed by atoms with Gasteiger partial charge in [0.1, 0.15) is 0 Å². The van der Waals surface area contributed by atoms with Crippen LogP contribution in [0.4, 0.5) is 5.69 Å². The van der Waals surface area contributed by atoms with Crippen molar-refractivity contribution in [2.24, 2.45) is 5.92 Å². The summed E-state index contributed by atoms with van der Waals surface area (Å²) in [7, 11) is 0. The van der Waals surface area contributed by atoms with E-state index in [0.29, 0.717) is 43.0 Å². The fourth-order valence-electron chi connectivity index (χ4n) is 1.86. The predicted molar refractivity (Wildman–Crippen MR) is 83.4 cm³/mol. The van der Waals surface area contributed by atoms with Gasteiger partial charge in [0.25, 0.3) is 0 Å². The van der Waals surface area contributed by atoms with Crippen molar-refractivity contribution in [2.45, 2.75) is 27.2 Å². The lowest BCUT2D eigenvalue weighted by Gasteiger charge is -2.08. The number of nitrogens with one attached hydrogen (secondary N) is 1. The Morgan fingerprint density at radius 2 is 2.23 bits per heavy atom. The summed E-state index contributed by atoms with van der Waals surface area (Å²) in [4.78, 5) is 16.0. The van der Waals surface area contributed by atoms with Crippen LogP contribution in [0.15, 0.2) is 28.8 Å². The molecule has 1 amide bonds. The lowest BCUT2D eigenvalue weighted by molar-refractivity contribution is -0.117. The van der Waals surface area contributed by atoms with Crippen molar-refractivity contribution in [1.82, 2.24) is 10.1 Å². The van der Waals surface area contributed by atoms with Gasteiger partial charge in [-0.25, -0.2) is 0 Å². The van der Waals surface area contributed by atoms with Crippen molar-refractivity contribution in [2.75, 3.05) is 18.5 Å². The first-order chi connectivity index (χ1) is 10.5. The topological polar surface area (TPSA) is 77.2 Å². The molecular formula is C16H21N3O3. The van der Waals surface area contributed by atoms with E-state index >= 15 is 0 Å². The Hall–Kier alpha value is -2.21. The summed E-state index contributed by atoms with van der Waals surface area (Å²) in [5, 5.41) is 6.71. The van der Waals surface area contributed by atoms with E-state index in [0.717, 1.165) is 5.56 Å². The SMILES string of the molecule is Cc1nc(-c2cccc(NC(=O)CCOCC(C)C)c2)no1. The summed E-state index contributed by atoms with van der Waals surface area (Å²) in [6.45, 7) is 6.98. The molecule has 0 aliphatic carbocycles. The van der Waals surface area contributed by atoms with Gasteiger partial charge in [-0.15, -0.1) is 0 Å². The molecule has 1 N–H and O–H groups in total. The number of ether oxygens (including phenoxy) is 1. The number of carbonyl (C=O) groups excluding carboxylic acids is 1. The van der Waals surface area contributed by atoms with Crippen molar-refractivity contribution < 1.29 is 14.1 Å². The minimum atomic E-state index is -0.0785. The fraction of sp³-hybridized carbons (Fsp3) is 0.438. The zero-order valence-electron chi connectivity index (χ0n) is 13.1. The van der Waals surface area contributed by atoms with Gasteiger partial charge in [0, 0.05) is 24.8 Å². The number of anilines is 1. The third-order valence-electron chi connectivity index (χ3n) is 2.86. The Morgan fingerprint density at radius 1 is 1.41 bits per heavy atom. The molecule has 0 unspecified atom stereocenters. The number of benzene rings is 1. The van der Waals surface area contributed by atoms with Crippen LogP contribution in [0.1, 0.15) is 26.2 Å². The summed E-state index contributed by atoms with van der Waals surface area (Å²) in [6.07, 6.45) is 0.332. The molecule has 0 aliphatic rings. The number of rotatable bonds is 7. The van der Waals surface area contributed by atoms with E-state index in [1.807, 2.05) is 24.3 Å². The van der Waals surface area contributed by atoms with Crippen molar-refractivity contribution in [3.63, 3.8) is 0 Å². The normalized spacial score (nSPS) is 10.9. The van der Waals surface area contributed by atoms with E-state index in [-0.39, 0.29) is 5.91 Å². The van der Waals surface area contributed by atoms with E-state index in [1.165, 1.54) is 0 Å². The van der Waals surface area contributed by atoms with E-state index < -0.39 is 0 Å². The third kappa shape index (κ3) is 4.96. The molecule has 0 saturated heterocycles. The van der Waals surface area contributed by atoms with Gasteiger partial charge in [0.2, 0.25) is 17.6 Å². The lowest BCUT2D eigenvalue weighted by atomic mass is 10.2. The highest BCUT2D eigenvalue weighted by Crippen LogP contribution is 2.20. The number of aromatic nitrogens is 2. The maximum absolute atomic E-state index is 11.9. The minimum absolute atomic E-state index is 0.0785. The Morgan fingerprint density at radius 3 is 2.91 bits per heavy atom. The molecule has 0 atom stereocenters. The van der Waals surface area contributed by atoms with Crippen LogP contribution in [0.5, 0.6) is 0 Å². The van der Waals surface area contributed by atoms with Gasteiger partial charge in [-0.1, -0.05) is 31.1 Å². The standard InChI is InChI=1S/C16H21N3O3/c1-11(2)10-21-8-7-15(20)18-14-6-4-5-13(9-14)16-17-12(3)22-19-16/h4-6,9,11H,7-8,10H2,1-3H3,(H,18,20). The maximum Gasteiger partial charge on any atom is 0.226 e. The maximum atomic E-state index is 11.9. The third-order valence-corrected chi connectivity index (χ3v) is 2.86. The van der Waals surface area contributed by atoms with Gasteiger partial charge in [-0.3, -0.25) is 4.79 Å². The molecule has 0 aliphatic heterocycles. The fourth-order valence-corrected chi connectivity index (χ4v) is 1.86. The summed E-state index contributed by atoms with van der Waals surface area (Å²) < 4.78 is 10.4. The Labute approximate surface area is 129 Å². The van der Waals surface area contributed by atoms with Crippen LogP contribution in [-0.4, -0.2) is 29.3 Å². The molecule has 2 aromatic rings. The molecule has 0 spiro atoms. The number of hydrogen-bond acceptors (Lipinski definition) is 5. The largest absolute Gasteiger partial charge is 0.381 e. The first-order valence-corrected chi connectivity index (χ1v) is 7.33. The number of aryl methyl sites for hydroxylation is 1. The van der Waals surface area contributed by atoms with Crippen molar-refractivity contribution in [3.05, 3.63) is 30.2 Å². The van der Waals surface area contributed by atoms with Crippen molar-refractivity contribution in [3.8, 4) is 11.4 Å². The van der Waals surface area contributed by atoms with Crippen LogP contribution in [-0.2, 0) is 9.53 Å². The first-order valence-electron chi connectivity index (χ1n) is 7.33. The highest BCUT2D eigenvalue weighted by Gasteiger charge is 2.08. The van der Waals surface area contributed by atoms with Crippen molar-refractivity contribution >= 4 is 11.6 Å². The second-order valence-corrected chi connectivity index (χ2v) is 5.48. The number of amides is 1. The average molecular weight is 303 g/mol. The molecule has 118 valence electrons. The summed E-state index contributed by atoms with van der Waals surface area (Å²) >= 11 is 0. The van der Waals surface area contributed by atoms with E-state index in [1.54, 1.807) is 6.92 Å². The highest BCUT2D eigenvalue weighted by atomic mass is 16.5. The van der Waals surface area contributed by atoms with Gasteiger partial charge in [0.05, 0.1) is 13.0 Å². The summed E-state index contributed by atoms with van der Waals surface area (Å²) in [6, 6.07) is 7.35. The predicted octanol–water partition coefficient (Wildman–Crippen LogP) is 3.05. The Bertz CT molecular complexity index is 623. The second kappa shape index (κ2) is 7.70. The molecule has 1 aromatic heterocycles. The molecule has 1 heterocycles. The second-order valence-electron chi connectivity index (χ2n) is 5.48.